The number of carbonyl (C=O) groups is 1. The molecule has 0 atom stereocenters. The summed E-state index contributed by atoms with van der Waals surface area (Å²) in [6.45, 7) is 1.63. The zero-order valence-electron chi connectivity index (χ0n) is 11.4. The molecule has 0 fully saturated rings. The van der Waals surface area contributed by atoms with Gasteiger partial charge in [0.1, 0.15) is 12.4 Å². The summed E-state index contributed by atoms with van der Waals surface area (Å²) in [7, 11) is 0. The van der Waals surface area contributed by atoms with Crippen LogP contribution in [0.3, 0.4) is 0 Å². The lowest BCUT2D eigenvalue weighted by Gasteiger charge is -2.07. The van der Waals surface area contributed by atoms with E-state index < -0.39 is 0 Å². The number of rotatable bonds is 2. The van der Waals surface area contributed by atoms with Crippen LogP contribution in [0.1, 0.15) is 21.5 Å². The van der Waals surface area contributed by atoms with Gasteiger partial charge in [0.05, 0.1) is 10.6 Å². The molecule has 0 aliphatic rings. The number of anilines is 1. The first kappa shape index (κ1) is 15.0. The highest BCUT2D eigenvalue weighted by Crippen LogP contribution is 2.14. The molecule has 2 rings (SSSR count). The van der Waals surface area contributed by atoms with Gasteiger partial charge in [0, 0.05) is 11.8 Å². The Morgan fingerprint density at radius 2 is 2.19 bits per heavy atom. The van der Waals surface area contributed by atoms with Crippen LogP contribution >= 0.6 is 11.6 Å². The number of amides is 1. The molecular weight excluding hydrogens is 288 g/mol. The molecule has 2 N–H and O–H groups in total. The number of nitrogens with one attached hydrogen (secondary N) is 1. The van der Waals surface area contributed by atoms with Crippen LogP contribution in [0.25, 0.3) is 0 Å². The minimum absolute atomic E-state index is 0.256. The maximum atomic E-state index is 12.3. The minimum Gasteiger partial charge on any atom is -0.384 e. The van der Waals surface area contributed by atoms with Crippen LogP contribution < -0.4 is 5.32 Å². The number of aromatic nitrogens is 1. The van der Waals surface area contributed by atoms with E-state index in [0.29, 0.717) is 22.0 Å². The Hall–Kier alpha value is -2.35. The van der Waals surface area contributed by atoms with Crippen molar-refractivity contribution in [1.29, 1.82) is 0 Å². The topological polar surface area (TPSA) is 62.2 Å². The van der Waals surface area contributed by atoms with Crippen molar-refractivity contribution in [3.8, 4) is 11.8 Å². The molecule has 106 valence electrons. The van der Waals surface area contributed by atoms with E-state index in [4.69, 9.17) is 16.7 Å². The van der Waals surface area contributed by atoms with Crippen LogP contribution in [-0.4, -0.2) is 22.6 Å². The fourth-order valence-electron chi connectivity index (χ4n) is 1.72. The number of carbonyl (C=O) groups excluding carboxylic acids is 1. The largest absolute Gasteiger partial charge is 0.384 e. The van der Waals surface area contributed by atoms with Crippen molar-refractivity contribution in [2.75, 3.05) is 11.9 Å². The lowest BCUT2D eigenvalue weighted by molar-refractivity contribution is 0.102. The van der Waals surface area contributed by atoms with Crippen molar-refractivity contribution in [3.05, 3.63) is 58.2 Å². The maximum Gasteiger partial charge on any atom is 0.258 e. The number of benzene rings is 1. The molecule has 0 aliphatic carbocycles. The van der Waals surface area contributed by atoms with Crippen LogP contribution in [-0.2, 0) is 0 Å². The molecule has 0 radical (unpaired) electrons. The molecule has 2 aromatic rings. The van der Waals surface area contributed by atoms with E-state index in [2.05, 4.69) is 22.1 Å². The Morgan fingerprint density at radius 3 is 2.86 bits per heavy atom. The smallest absolute Gasteiger partial charge is 0.258 e. The summed E-state index contributed by atoms with van der Waals surface area (Å²) >= 11 is 5.75. The molecule has 5 heteroatoms. The van der Waals surface area contributed by atoms with Gasteiger partial charge in [-0.25, -0.2) is 4.98 Å². The minimum atomic E-state index is -0.309. The molecule has 0 spiro atoms. The molecule has 0 bridgehead atoms. The Kier molecular flexibility index (Phi) is 4.94. The summed E-state index contributed by atoms with van der Waals surface area (Å²) in [6, 6.07) is 8.62. The first-order chi connectivity index (χ1) is 10.1. The van der Waals surface area contributed by atoms with Gasteiger partial charge in [-0.2, -0.15) is 0 Å². The lowest BCUT2D eigenvalue weighted by atomic mass is 10.0. The summed E-state index contributed by atoms with van der Waals surface area (Å²) in [5.41, 5.74) is 1.94. The average Bonchev–Trinajstić information content (AvgIpc) is 2.48. The zero-order valence-corrected chi connectivity index (χ0v) is 12.1. The fraction of sp³-hybridized carbons (Fsp3) is 0.125. The van der Waals surface area contributed by atoms with Gasteiger partial charge in [0.2, 0.25) is 0 Å². The van der Waals surface area contributed by atoms with E-state index >= 15 is 0 Å². The quantitative estimate of drug-likeness (QED) is 0.838. The van der Waals surface area contributed by atoms with E-state index in [1.54, 1.807) is 24.3 Å². The summed E-state index contributed by atoms with van der Waals surface area (Å²) in [5, 5.41) is 12.0. The van der Waals surface area contributed by atoms with Gasteiger partial charge >= 0.3 is 0 Å². The highest BCUT2D eigenvalue weighted by molar-refractivity contribution is 6.30. The third-order valence-electron chi connectivity index (χ3n) is 2.69. The molecule has 1 aromatic carbocycles. The molecule has 0 saturated carbocycles. The van der Waals surface area contributed by atoms with Crippen molar-refractivity contribution in [2.24, 2.45) is 0 Å². The first-order valence-corrected chi connectivity index (χ1v) is 6.61. The lowest BCUT2D eigenvalue weighted by Crippen LogP contribution is -2.14. The summed E-state index contributed by atoms with van der Waals surface area (Å²) in [5.74, 6) is 5.41. The van der Waals surface area contributed by atoms with E-state index in [1.807, 2.05) is 13.0 Å². The number of hydrogen-bond acceptors (Lipinski definition) is 3. The zero-order chi connectivity index (χ0) is 15.2. The normalized spacial score (nSPS) is 9.67. The molecule has 0 unspecified atom stereocenters. The van der Waals surface area contributed by atoms with Crippen molar-refractivity contribution >= 4 is 23.3 Å². The number of aliphatic hydroxyl groups is 1. The number of nitrogens with zero attached hydrogens (tertiary/aromatic N) is 1. The highest BCUT2D eigenvalue weighted by Gasteiger charge is 2.11. The van der Waals surface area contributed by atoms with Crippen LogP contribution in [0.4, 0.5) is 5.82 Å². The summed E-state index contributed by atoms with van der Waals surface area (Å²) in [6.07, 6.45) is 1.46. The molecule has 1 aromatic heterocycles. The molecule has 1 heterocycles. The van der Waals surface area contributed by atoms with Crippen LogP contribution in [0.5, 0.6) is 0 Å². The number of aliphatic hydroxyl groups excluding tert-OH is 1. The van der Waals surface area contributed by atoms with Crippen molar-refractivity contribution < 1.29 is 9.90 Å². The molecule has 21 heavy (non-hydrogen) atoms. The standard InChI is InChI=1S/C16H13ClN2O2/c1-11-4-5-12(3-2-8-20)14(9-11)16(21)19-15-7-6-13(17)10-18-15/h4-7,9-10,20H,8H2,1H3,(H,18,19,21). The molecule has 0 saturated heterocycles. The fourth-order valence-corrected chi connectivity index (χ4v) is 1.83. The molecular formula is C16H13ClN2O2. The van der Waals surface area contributed by atoms with Gasteiger partial charge in [-0.15, -0.1) is 0 Å². The third kappa shape index (κ3) is 4.06. The molecule has 1 amide bonds. The summed E-state index contributed by atoms with van der Waals surface area (Å²) < 4.78 is 0. The van der Waals surface area contributed by atoms with Gasteiger partial charge in [-0.05, 0) is 31.2 Å². The Balaban J connectivity index is 2.29. The van der Waals surface area contributed by atoms with Crippen molar-refractivity contribution in [1.82, 2.24) is 4.98 Å². The second-order valence-corrected chi connectivity index (χ2v) is 4.76. The second-order valence-electron chi connectivity index (χ2n) is 4.32. The first-order valence-electron chi connectivity index (χ1n) is 6.23. The van der Waals surface area contributed by atoms with E-state index in [0.717, 1.165) is 5.56 Å². The van der Waals surface area contributed by atoms with Gasteiger partial charge in [-0.3, -0.25) is 4.79 Å². The number of halogens is 1. The number of hydrogen-bond donors (Lipinski definition) is 2. The van der Waals surface area contributed by atoms with Gasteiger partial charge in [0.15, 0.2) is 0 Å². The van der Waals surface area contributed by atoms with Gasteiger partial charge in [0.25, 0.3) is 5.91 Å². The Labute approximate surface area is 127 Å². The molecule has 4 nitrogen and oxygen atoms in total. The Morgan fingerprint density at radius 1 is 1.38 bits per heavy atom. The predicted octanol–water partition coefficient (Wildman–Crippen LogP) is 2.64. The van der Waals surface area contributed by atoms with E-state index in [1.165, 1.54) is 6.20 Å². The summed E-state index contributed by atoms with van der Waals surface area (Å²) in [4.78, 5) is 16.3. The van der Waals surface area contributed by atoms with Gasteiger partial charge < -0.3 is 10.4 Å². The highest BCUT2D eigenvalue weighted by atomic mass is 35.5. The van der Waals surface area contributed by atoms with Crippen LogP contribution in [0.15, 0.2) is 36.5 Å². The Bertz CT molecular complexity index is 715. The monoisotopic (exact) mass is 300 g/mol. The second kappa shape index (κ2) is 6.89. The van der Waals surface area contributed by atoms with Gasteiger partial charge in [-0.1, -0.05) is 35.1 Å². The number of pyridine rings is 1. The average molecular weight is 301 g/mol. The predicted molar refractivity (Wildman–Crippen MR) is 82.3 cm³/mol. The maximum absolute atomic E-state index is 12.3. The number of aryl methyl sites for hydroxylation is 1. The van der Waals surface area contributed by atoms with Crippen molar-refractivity contribution in [3.63, 3.8) is 0 Å². The molecule has 0 aliphatic heterocycles. The van der Waals surface area contributed by atoms with Crippen molar-refractivity contribution in [2.45, 2.75) is 6.92 Å². The van der Waals surface area contributed by atoms with Crippen LogP contribution in [0.2, 0.25) is 5.02 Å². The SMILES string of the molecule is Cc1ccc(C#CCO)c(C(=O)Nc2ccc(Cl)cn2)c1. The third-order valence-corrected chi connectivity index (χ3v) is 2.91. The van der Waals surface area contributed by atoms with E-state index in [9.17, 15) is 4.79 Å². The van der Waals surface area contributed by atoms with Crippen LogP contribution in [0, 0.1) is 18.8 Å². The van der Waals surface area contributed by atoms with E-state index in [-0.39, 0.29) is 12.5 Å².